The third-order valence-corrected chi connectivity index (χ3v) is 18.0. The van der Waals surface area contributed by atoms with Gasteiger partial charge in [-0.2, -0.15) is 0 Å². The maximum absolute atomic E-state index is 12.9. The van der Waals surface area contributed by atoms with E-state index in [1.54, 1.807) is 150 Å². The summed E-state index contributed by atoms with van der Waals surface area (Å²) >= 11 is 0. The van der Waals surface area contributed by atoms with Crippen LogP contribution in [-0.2, 0) is 44.9 Å². The highest BCUT2D eigenvalue weighted by atomic mass is 16.6. The lowest BCUT2D eigenvalue weighted by Crippen LogP contribution is -2.10. The number of aryl methyl sites for hydroxylation is 3. The van der Waals surface area contributed by atoms with Gasteiger partial charge in [-0.3, -0.25) is 9.48 Å². The summed E-state index contributed by atoms with van der Waals surface area (Å²) in [7, 11) is 0. The van der Waals surface area contributed by atoms with Crippen LogP contribution in [0.4, 0.5) is 0 Å². The molecule has 0 aliphatic heterocycles. The van der Waals surface area contributed by atoms with E-state index in [-0.39, 0.29) is 12.4 Å². The Labute approximate surface area is 729 Å². The molecule has 0 fully saturated rings. The number of azide groups is 4. The standard InChI is InChI=1S/C48H54N12O8.C38H32O7.C6H12N6O/c49-55-51-25-1-3-29-64-34-28-60-36-42(54-58-60)8-6-32-66-44-19-15-40(16-20-44)48(62)68-46-23-11-38(12-24-46)37-9-21-45(22-10-37)67-47(61)39-13-17-43(18-14-39)65-31-5-7-41-35-59(57-53-41)27-2-4-30-63-33-26-52-56-50;1-3-5-7-8-10-36(39)43-33-25-17-31(18-26-33)38(41)45-35-23-13-29(14-24-35)28-11-21-34(22-12-28)44-37(40)30-15-19-32(20-16-30)42-27-9-6-4-2;7-11-9-3-1-2-5-13-6-4-10-12-8/h9-24,35-36H,1-8,25-34H2;1-2,11-26H,5-10,27H2;1-6H2. The van der Waals surface area contributed by atoms with E-state index >= 15 is 0 Å². The number of ether oxygens (including phenoxy) is 11. The van der Waals surface area contributed by atoms with Gasteiger partial charge in [0.25, 0.3) is 0 Å². The topological polar surface area (TPSA) is 443 Å². The van der Waals surface area contributed by atoms with Crippen LogP contribution < -0.4 is 37.9 Å². The molecule has 0 saturated carbocycles. The average Bonchev–Trinajstić information content (AvgIpc) is 1.56. The van der Waals surface area contributed by atoms with E-state index in [0.29, 0.717) is 186 Å². The van der Waals surface area contributed by atoms with Gasteiger partial charge in [0.1, 0.15) is 46.0 Å². The van der Waals surface area contributed by atoms with Crippen molar-refractivity contribution >= 4 is 29.8 Å². The summed E-state index contributed by atoms with van der Waals surface area (Å²) in [6.45, 7) is 7.76. The van der Waals surface area contributed by atoms with Gasteiger partial charge in [-0.15, -0.1) is 34.9 Å². The predicted molar refractivity (Wildman–Crippen MR) is 470 cm³/mol. The van der Waals surface area contributed by atoms with Crippen LogP contribution in [0.3, 0.4) is 0 Å². The number of carbonyl (C=O) groups excluding carboxylic acids is 5. The van der Waals surface area contributed by atoms with E-state index < -0.39 is 23.9 Å². The lowest BCUT2D eigenvalue weighted by molar-refractivity contribution is -0.134. The minimum absolute atomic E-state index is 0.278. The number of unbranched alkanes of at least 4 members (excludes halogenated alkanes) is 6. The minimum Gasteiger partial charge on any atom is -0.494 e. The molecule has 34 nitrogen and oxygen atoms in total. The fourth-order valence-electron chi connectivity index (χ4n) is 11.4. The van der Waals surface area contributed by atoms with E-state index in [2.05, 4.69) is 72.6 Å². The van der Waals surface area contributed by atoms with Crippen molar-refractivity contribution in [1.29, 1.82) is 0 Å². The van der Waals surface area contributed by atoms with Gasteiger partial charge < -0.3 is 52.1 Å². The molecule has 0 bridgehead atoms. The Hall–Kier alpha value is -15.0. The molecule has 2 heterocycles. The van der Waals surface area contributed by atoms with Gasteiger partial charge in [-0.25, -0.2) is 23.9 Å². The minimum atomic E-state index is -0.539. The van der Waals surface area contributed by atoms with Crippen molar-refractivity contribution < 1.29 is 76.1 Å². The molecule has 34 heteroatoms. The normalized spacial score (nSPS) is 10.3. The second-order valence-corrected chi connectivity index (χ2v) is 27.4. The highest BCUT2D eigenvalue weighted by Gasteiger charge is 2.17. The fourth-order valence-corrected chi connectivity index (χ4v) is 11.4. The molecular weight excluding hydrogens is 1610 g/mol. The zero-order chi connectivity index (χ0) is 89.1. The summed E-state index contributed by atoms with van der Waals surface area (Å²) in [6, 6.07) is 55.0. The number of carbonyl (C=O) groups is 5. The van der Waals surface area contributed by atoms with Gasteiger partial charge in [0.15, 0.2) is 0 Å². The number of esters is 5. The van der Waals surface area contributed by atoms with Crippen molar-refractivity contribution in [3.63, 3.8) is 0 Å². The molecule has 0 amide bonds. The molecule has 10 rings (SSSR count). The number of terminal acetylenes is 2. The number of benzene rings is 8. The summed E-state index contributed by atoms with van der Waals surface area (Å²) in [5, 5.41) is 30.4. The summed E-state index contributed by atoms with van der Waals surface area (Å²) < 4.78 is 64.6. The Morgan fingerprint density at radius 3 is 0.992 bits per heavy atom. The van der Waals surface area contributed by atoms with Crippen LogP contribution in [0.25, 0.3) is 64.0 Å². The van der Waals surface area contributed by atoms with Crippen molar-refractivity contribution in [3.8, 4) is 92.9 Å². The van der Waals surface area contributed by atoms with Crippen LogP contribution in [0.1, 0.15) is 143 Å². The SMILES string of the molecule is C#CCCCCC(=O)Oc1ccc(C(=O)Oc2ccc(-c3ccc(OC(=O)c4ccc(OCCCC#C)cc4)cc3)cc2)cc1.[N-]=[N+]=NCCCCOCCN=[N+]=[N-].[N-]=[N+]=NCCCCOCCn1cc(CCCOc2ccc(C(=O)Oc3ccc(-c4ccc(OC(=O)c5ccc(OCCCc6cn(CCCCOCCN=[N+]=[N-])nn6)cc5)cc4)cc3)cc2)nn1. The fraction of sp³-hybridized carbons (Fsp3) is 0.337. The summed E-state index contributed by atoms with van der Waals surface area (Å²) in [5.41, 5.74) is 39.3. The molecule has 0 spiro atoms. The van der Waals surface area contributed by atoms with Gasteiger partial charge in [0.05, 0.1) is 79.8 Å². The second-order valence-electron chi connectivity index (χ2n) is 27.4. The van der Waals surface area contributed by atoms with Crippen LogP contribution in [-0.4, -0.2) is 145 Å². The molecule has 0 atom stereocenters. The Balaban J connectivity index is 0.000000289. The van der Waals surface area contributed by atoms with Gasteiger partial charge in [0, 0.05) is 104 Å². The lowest BCUT2D eigenvalue weighted by atomic mass is 10.1. The third-order valence-electron chi connectivity index (χ3n) is 18.0. The Bertz CT molecular complexity index is 5050. The number of aromatic nitrogens is 6. The first-order valence-corrected chi connectivity index (χ1v) is 41.0. The van der Waals surface area contributed by atoms with Crippen molar-refractivity contribution in [2.45, 2.75) is 116 Å². The van der Waals surface area contributed by atoms with Gasteiger partial charge in [-0.1, -0.05) is 79.4 Å². The smallest absolute Gasteiger partial charge is 0.343 e. The molecule has 0 radical (unpaired) electrons. The van der Waals surface area contributed by atoms with E-state index in [0.717, 1.165) is 111 Å². The highest BCUT2D eigenvalue weighted by molar-refractivity contribution is 5.93. The molecular formula is C92H98N18O16. The van der Waals surface area contributed by atoms with Crippen molar-refractivity contribution in [1.82, 2.24) is 30.0 Å². The van der Waals surface area contributed by atoms with E-state index in [1.807, 2.05) is 65.6 Å². The number of hydrogen-bond donors (Lipinski definition) is 0. The first-order chi connectivity index (χ1) is 61.8. The molecule has 2 aromatic heterocycles. The first kappa shape index (κ1) is 96.5. The number of hydrogen-bond acceptors (Lipinski definition) is 24. The second kappa shape index (κ2) is 58.1. The average molecular weight is 1710 g/mol. The van der Waals surface area contributed by atoms with Crippen LogP contribution >= 0.6 is 0 Å². The maximum atomic E-state index is 12.9. The first-order valence-electron chi connectivity index (χ1n) is 41.0. The van der Waals surface area contributed by atoms with Crippen molar-refractivity contribution in [3.05, 3.63) is 282 Å². The van der Waals surface area contributed by atoms with Gasteiger partial charge >= 0.3 is 29.8 Å². The van der Waals surface area contributed by atoms with E-state index in [1.165, 1.54) is 0 Å². The summed E-state index contributed by atoms with van der Waals surface area (Å²) in [5.74, 6) is 6.65. The molecule has 0 unspecified atom stereocenters. The van der Waals surface area contributed by atoms with Crippen LogP contribution in [0, 0.1) is 24.7 Å². The molecule has 8 aromatic carbocycles. The zero-order valence-corrected chi connectivity index (χ0v) is 69.8. The molecule has 0 saturated heterocycles. The maximum Gasteiger partial charge on any atom is 0.343 e. The highest BCUT2D eigenvalue weighted by Crippen LogP contribution is 2.29. The van der Waals surface area contributed by atoms with Crippen molar-refractivity contribution in [2.75, 3.05) is 85.6 Å². The predicted octanol–water partition coefficient (Wildman–Crippen LogP) is 19.3. The number of rotatable bonds is 53. The van der Waals surface area contributed by atoms with Gasteiger partial charge in [-0.05, 0) is 273 Å². The third kappa shape index (κ3) is 38.0. The molecule has 0 aliphatic rings. The van der Waals surface area contributed by atoms with Crippen LogP contribution in [0.15, 0.2) is 227 Å². The Morgan fingerprint density at radius 2 is 0.627 bits per heavy atom. The summed E-state index contributed by atoms with van der Waals surface area (Å²) in [4.78, 5) is 73.5. The Kier molecular flexibility index (Phi) is 44.5. The number of nitrogens with zero attached hydrogens (tertiary/aromatic N) is 18. The Morgan fingerprint density at radius 1 is 0.317 bits per heavy atom. The largest absolute Gasteiger partial charge is 0.494 e. The van der Waals surface area contributed by atoms with Crippen LogP contribution in [0.5, 0.6) is 46.0 Å². The molecule has 126 heavy (non-hydrogen) atoms. The molecule has 10 aromatic rings. The van der Waals surface area contributed by atoms with Gasteiger partial charge in [0.2, 0.25) is 0 Å². The zero-order valence-electron chi connectivity index (χ0n) is 69.8. The quantitative estimate of drug-likeness (QED) is 0.00650. The molecule has 652 valence electrons. The molecule has 0 aliphatic carbocycles. The van der Waals surface area contributed by atoms with Crippen LogP contribution in [0.2, 0.25) is 0 Å². The monoisotopic (exact) mass is 1710 g/mol. The molecule has 0 N–H and O–H groups in total. The van der Waals surface area contributed by atoms with E-state index in [9.17, 15) is 24.0 Å². The van der Waals surface area contributed by atoms with E-state index in [4.69, 9.17) is 87.1 Å². The lowest BCUT2D eigenvalue weighted by Gasteiger charge is -2.09. The van der Waals surface area contributed by atoms with Crippen molar-refractivity contribution in [2.24, 2.45) is 20.5 Å². The summed E-state index contributed by atoms with van der Waals surface area (Å²) in [6.07, 6.45) is 26.1.